The predicted molar refractivity (Wildman–Crippen MR) is 103 cm³/mol. The summed E-state index contributed by atoms with van der Waals surface area (Å²) < 4.78 is 13.1. The lowest BCUT2D eigenvalue weighted by Crippen LogP contribution is -2.11. The Morgan fingerprint density at radius 3 is 2.67 bits per heavy atom. The van der Waals surface area contributed by atoms with Crippen molar-refractivity contribution < 1.29 is 14.3 Å². The zero-order valence-electron chi connectivity index (χ0n) is 15.5. The topological polar surface area (TPSA) is 53.4 Å². The Bertz CT molecular complexity index is 859. The number of benzene rings is 2. The highest BCUT2D eigenvalue weighted by atomic mass is 16.5. The lowest BCUT2D eigenvalue weighted by Gasteiger charge is -2.10. The number of ether oxygens (including phenoxy) is 2. The van der Waals surface area contributed by atoms with Crippen LogP contribution in [0, 0.1) is 6.92 Å². The van der Waals surface area contributed by atoms with E-state index in [1.54, 1.807) is 6.20 Å². The Morgan fingerprint density at radius 1 is 1.07 bits per heavy atom. The second-order valence-corrected chi connectivity index (χ2v) is 6.34. The minimum Gasteiger partial charge on any atom is -0.493 e. The molecule has 0 saturated carbocycles. The molecular weight excluding hydrogens is 340 g/mol. The molecule has 0 amide bonds. The van der Waals surface area contributed by atoms with Gasteiger partial charge in [-0.05, 0) is 30.5 Å². The fraction of sp³-hybridized carbons (Fsp3) is 0.273. The first-order valence-corrected chi connectivity index (χ1v) is 9.10. The minimum atomic E-state index is -0.238. The molecule has 0 aliphatic carbocycles. The molecule has 0 bridgehead atoms. The summed E-state index contributed by atoms with van der Waals surface area (Å²) in [6.45, 7) is 3.37. The third-order valence-corrected chi connectivity index (χ3v) is 4.24. The van der Waals surface area contributed by atoms with Crippen LogP contribution in [-0.4, -0.2) is 22.1 Å². The standard InChI is InChI=1S/C22H24N2O3/c1-18-8-5-6-11-20(18)26-15-7-12-22(25)27-17-21-23-13-14-24(21)16-19-9-3-2-4-10-19/h2-6,8-11,13-14H,7,12,15-17H2,1H3. The average Bonchev–Trinajstić information content (AvgIpc) is 3.12. The molecule has 0 radical (unpaired) electrons. The van der Waals surface area contributed by atoms with Crippen LogP contribution in [0.15, 0.2) is 67.0 Å². The third-order valence-electron chi connectivity index (χ3n) is 4.24. The van der Waals surface area contributed by atoms with Gasteiger partial charge in [-0.3, -0.25) is 4.79 Å². The summed E-state index contributed by atoms with van der Waals surface area (Å²) >= 11 is 0. The van der Waals surface area contributed by atoms with Crippen molar-refractivity contribution >= 4 is 5.97 Å². The van der Waals surface area contributed by atoms with Gasteiger partial charge in [0.15, 0.2) is 0 Å². The van der Waals surface area contributed by atoms with E-state index >= 15 is 0 Å². The van der Waals surface area contributed by atoms with Gasteiger partial charge in [-0.2, -0.15) is 0 Å². The molecule has 3 rings (SSSR count). The fourth-order valence-corrected chi connectivity index (χ4v) is 2.74. The lowest BCUT2D eigenvalue weighted by molar-refractivity contribution is -0.145. The highest BCUT2D eigenvalue weighted by Gasteiger charge is 2.08. The highest BCUT2D eigenvalue weighted by molar-refractivity contribution is 5.69. The van der Waals surface area contributed by atoms with Crippen LogP contribution in [-0.2, 0) is 22.7 Å². The molecule has 5 nitrogen and oxygen atoms in total. The van der Waals surface area contributed by atoms with E-state index in [9.17, 15) is 4.79 Å². The van der Waals surface area contributed by atoms with E-state index in [0.717, 1.165) is 17.1 Å². The van der Waals surface area contributed by atoms with Crippen molar-refractivity contribution in [2.75, 3.05) is 6.61 Å². The predicted octanol–water partition coefficient (Wildman–Crippen LogP) is 4.14. The molecule has 1 aromatic heterocycles. The van der Waals surface area contributed by atoms with Gasteiger partial charge in [0, 0.05) is 25.4 Å². The van der Waals surface area contributed by atoms with E-state index in [1.807, 2.05) is 60.2 Å². The number of aryl methyl sites for hydroxylation is 1. The summed E-state index contributed by atoms with van der Waals surface area (Å²) in [6.07, 6.45) is 4.56. The highest BCUT2D eigenvalue weighted by Crippen LogP contribution is 2.16. The van der Waals surface area contributed by atoms with Crippen LogP contribution < -0.4 is 4.74 Å². The average molecular weight is 364 g/mol. The van der Waals surface area contributed by atoms with E-state index < -0.39 is 0 Å². The first-order valence-electron chi connectivity index (χ1n) is 9.10. The van der Waals surface area contributed by atoms with Crippen LogP contribution >= 0.6 is 0 Å². The molecular formula is C22H24N2O3. The van der Waals surface area contributed by atoms with Crippen LogP contribution in [0.4, 0.5) is 0 Å². The minimum absolute atomic E-state index is 0.178. The summed E-state index contributed by atoms with van der Waals surface area (Å²) in [6, 6.07) is 18.0. The van der Waals surface area contributed by atoms with Crippen molar-refractivity contribution in [2.45, 2.75) is 32.9 Å². The summed E-state index contributed by atoms with van der Waals surface area (Å²) in [7, 11) is 0. The van der Waals surface area contributed by atoms with E-state index in [2.05, 4.69) is 17.1 Å². The molecule has 1 heterocycles. The van der Waals surface area contributed by atoms with Crippen LogP contribution in [0.3, 0.4) is 0 Å². The summed E-state index contributed by atoms with van der Waals surface area (Å²) in [4.78, 5) is 16.3. The molecule has 0 fully saturated rings. The van der Waals surface area contributed by atoms with E-state index in [-0.39, 0.29) is 12.6 Å². The molecule has 3 aromatic rings. The van der Waals surface area contributed by atoms with Crippen molar-refractivity contribution in [2.24, 2.45) is 0 Å². The van der Waals surface area contributed by atoms with Crippen LogP contribution in [0.25, 0.3) is 0 Å². The van der Waals surface area contributed by atoms with E-state index in [1.165, 1.54) is 5.56 Å². The summed E-state index contributed by atoms with van der Waals surface area (Å²) in [5.41, 5.74) is 2.27. The number of carbonyl (C=O) groups excluding carboxylic acids is 1. The third kappa shape index (κ3) is 5.71. The largest absolute Gasteiger partial charge is 0.493 e. The maximum atomic E-state index is 12.0. The van der Waals surface area contributed by atoms with Gasteiger partial charge in [0.1, 0.15) is 18.2 Å². The van der Waals surface area contributed by atoms with E-state index in [0.29, 0.717) is 26.0 Å². The second-order valence-electron chi connectivity index (χ2n) is 6.34. The molecule has 0 unspecified atom stereocenters. The van der Waals surface area contributed by atoms with Gasteiger partial charge in [0.2, 0.25) is 0 Å². The van der Waals surface area contributed by atoms with Gasteiger partial charge in [-0.25, -0.2) is 4.98 Å². The zero-order chi connectivity index (χ0) is 18.9. The molecule has 140 valence electrons. The van der Waals surface area contributed by atoms with Gasteiger partial charge in [0.05, 0.1) is 6.61 Å². The molecule has 0 spiro atoms. The Balaban J connectivity index is 1.39. The van der Waals surface area contributed by atoms with Gasteiger partial charge in [-0.1, -0.05) is 48.5 Å². The van der Waals surface area contributed by atoms with Crippen molar-refractivity contribution in [3.05, 3.63) is 83.9 Å². The Hall–Kier alpha value is -3.08. The number of carbonyl (C=O) groups is 1. The van der Waals surface area contributed by atoms with Crippen LogP contribution in [0.1, 0.15) is 29.8 Å². The van der Waals surface area contributed by atoms with Gasteiger partial charge in [0.25, 0.3) is 0 Å². The number of esters is 1. The van der Waals surface area contributed by atoms with Gasteiger partial charge in [-0.15, -0.1) is 0 Å². The van der Waals surface area contributed by atoms with Gasteiger partial charge >= 0.3 is 5.97 Å². The van der Waals surface area contributed by atoms with E-state index in [4.69, 9.17) is 9.47 Å². The summed E-state index contributed by atoms with van der Waals surface area (Å²) in [5, 5.41) is 0. The van der Waals surface area contributed by atoms with Crippen molar-refractivity contribution in [1.29, 1.82) is 0 Å². The number of hydrogen-bond donors (Lipinski definition) is 0. The number of nitrogens with zero attached hydrogens (tertiary/aromatic N) is 2. The Morgan fingerprint density at radius 2 is 1.85 bits per heavy atom. The molecule has 2 aromatic carbocycles. The number of imidazole rings is 1. The normalized spacial score (nSPS) is 10.6. The number of aromatic nitrogens is 2. The van der Waals surface area contributed by atoms with Crippen molar-refractivity contribution in [1.82, 2.24) is 9.55 Å². The number of para-hydroxylation sites is 1. The smallest absolute Gasteiger partial charge is 0.306 e. The fourth-order valence-electron chi connectivity index (χ4n) is 2.74. The maximum absolute atomic E-state index is 12.0. The summed E-state index contributed by atoms with van der Waals surface area (Å²) in [5.74, 6) is 1.36. The zero-order valence-corrected chi connectivity index (χ0v) is 15.5. The van der Waals surface area contributed by atoms with Crippen LogP contribution in [0.5, 0.6) is 5.75 Å². The Labute approximate surface area is 159 Å². The molecule has 0 N–H and O–H groups in total. The Kier molecular flexibility index (Phi) is 6.63. The molecule has 5 heteroatoms. The van der Waals surface area contributed by atoms with Crippen molar-refractivity contribution in [3.63, 3.8) is 0 Å². The quantitative estimate of drug-likeness (QED) is 0.423. The molecule has 0 saturated heterocycles. The first-order chi connectivity index (χ1) is 13.2. The number of hydrogen-bond acceptors (Lipinski definition) is 4. The molecule has 27 heavy (non-hydrogen) atoms. The molecule has 0 aliphatic heterocycles. The second kappa shape index (κ2) is 9.57. The first kappa shape index (κ1) is 18.7. The van der Waals surface area contributed by atoms with Crippen LogP contribution in [0.2, 0.25) is 0 Å². The molecule has 0 aliphatic rings. The van der Waals surface area contributed by atoms with Crippen molar-refractivity contribution in [3.8, 4) is 5.75 Å². The molecule has 0 atom stereocenters. The SMILES string of the molecule is Cc1ccccc1OCCCC(=O)OCc1nccn1Cc1ccccc1. The maximum Gasteiger partial charge on any atom is 0.306 e. The van der Waals surface area contributed by atoms with Gasteiger partial charge < -0.3 is 14.0 Å². The number of rotatable bonds is 9. The monoisotopic (exact) mass is 364 g/mol. The lowest BCUT2D eigenvalue weighted by atomic mass is 10.2.